The van der Waals surface area contributed by atoms with Crippen molar-refractivity contribution in [3.63, 3.8) is 0 Å². The van der Waals surface area contributed by atoms with Crippen LogP contribution in [-0.4, -0.2) is 35.3 Å². The maximum Gasteiger partial charge on any atom is 0.240 e. The summed E-state index contributed by atoms with van der Waals surface area (Å²) in [5, 5.41) is 0. The summed E-state index contributed by atoms with van der Waals surface area (Å²) in [5.41, 5.74) is 2.88. The minimum Gasteiger partial charge on any atom is -0.454 e. The van der Waals surface area contributed by atoms with Gasteiger partial charge in [0.15, 0.2) is 17.3 Å². The van der Waals surface area contributed by atoms with Crippen molar-refractivity contribution in [2.24, 2.45) is 11.8 Å². The Balaban J connectivity index is 1.37. The fourth-order valence-corrected chi connectivity index (χ4v) is 5.91. The second-order valence-electron chi connectivity index (χ2n) is 9.11. The third-order valence-corrected chi connectivity index (χ3v) is 7.40. The molecule has 3 aromatic carbocycles. The fourth-order valence-electron chi connectivity index (χ4n) is 5.91. The summed E-state index contributed by atoms with van der Waals surface area (Å²) in [6, 6.07) is 20.6. The monoisotopic (exact) mass is 464 g/mol. The van der Waals surface area contributed by atoms with Crippen molar-refractivity contribution >= 4 is 29.4 Å². The Morgan fingerprint density at radius 3 is 2.43 bits per heavy atom. The lowest BCUT2D eigenvalue weighted by Crippen LogP contribution is -2.44. The van der Waals surface area contributed by atoms with Gasteiger partial charge in [0.2, 0.25) is 18.6 Å². The third kappa shape index (κ3) is 2.75. The quantitative estimate of drug-likeness (QED) is 0.433. The van der Waals surface area contributed by atoms with Gasteiger partial charge in [-0.3, -0.25) is 14.4 Å². The van der Waals surface area contributed by atoms with Gasteiger partial charge in [-0.25, -0.2) is 4.90 Å². The number of nitrogens with zero attached hydrogens (tertiary/aromatic N) is 2. The average molecular weight is 464 g/mol. The summed E-state index contributed by atoms with van der Waals surface area (Å²) in [5.74, 6) is -1.23. The standard InChI is InChI=1S/C28H20N2O5/c31-26(17-10-11-20-21(14-17)35-15-34-20)25-23-22(24-19-9-5-4-6-16(19)12-13-29(24)25)27(32)30(28(23)33)18-7-2-1-3-8-18/h1-14,22-25H,15H2/t22-,23-,24+,25+/m1/s1. The highest BCUT2D eigenvalue weighted by Crippen LogP contribution is 2.53. The predicted molar refractivity (Wildman–Crippen MR) is 127 cm³/mol. The first-order chi connectivity index (χ1) is 17.1. The highest BCUT2D eigenvalue weighted by molar-refractivity contribution is 6.24. The number of anilines is 1. The molecule has 0 saturated carbocycles. The van der Waals surface area contributed by atoms with Gasteiger partial charge in [-0.15, -0.1) is 0 Å². The Labute approximate surface area is 201 Å². The molecule has 0 N–H and O–H groups in total. The number of carbonyl (C=O) groups excluding carboxylic acids is 3. The molecule has 2 saturated heterocycles. The van der Waals surface area contributed by atoms with Crippen molar-refractivity contribution in [1.29, 1.82) is 0 Å². The highest BCUT2D eigenvalue weighted by atomic mass is 16.7. The molecule has 2 amide bonds. The van der Waals surface area contributed by atoms with Gasteiger partial charge in [-0.2, -0.15) is 0 Å². The van der Waals surface area contributed by atoms with E-state index in [9.17, 15) is 14.4 Å². The zero-order chi connectivity index (χ0) is 23.7. The molecule has 0 aliphatic carbocycles. The SMILES string of the molecule is O=C(c1ccc2c(c1)OCO2)[C@@H]1[C@@H]2C(=O)N(c3ccccc3)C(=O)[C@H]2[C@@H]2c3ccccc3C=CN12. The van der Waals surface area contributed by atoms with Crippen LogP contribution in [-0.2, 0) is 9.59 Å². The average Bonchev–Trinajstić information content (AvgIpc) is 3.57. The second-order valence-corrected chi connectivity index (χ2v) is 9.11. The number of ether oxygens (including phenoxy) is 2. The molecular weight excluding hydrogens is 444 g/mol. The number of hydrogen-bond donors (Lipinski definition) is 0. The van der Waals surface area contributed by atoms with Gasteiger partial charge >= 0.3 is 0 Å². The lowest BCUT2D eigenvalue weighted by Gasteiger charge is -2.35. The number of carbonyl (C=O) groups is 3. The molecule has 35 heavy (non-hydrogen) atoms. The normalized spacial score (nSPS) is 25.5. The molecule has 0 spiro atoms. The van der Waals surface area contributed by atoms with E-state index >= 15 is 0 Å². The third-order valence-electron chi connectivity index (χ3n) is 7.40. The number of benzene rings is 3. The summed E-state index contributed by atoms with van der Waals surface area (Å²) in [7, 11) is 0. The Bertz CT molecular complexity index is 1430. The van der Waals surface area contributed by atoms with Crippen LogP contribution in [0.15, 0.2) is 79.0 Å². The van der Waals surface area contributed by atoms with E-state index in [1.165, 1.54) is 4.90 Å². The van der Waals surface area contributed by atoms with Gasteiger partial charge in [-0.1, -0.05) is 42.5 Å². The van der Waals surface area contributed by atoms with Crippen LogP contribution in [0, 0.1) is 11.8 Å². The van der Waals surface area contributed by atoms with Gasteiger partial charge in [0, 0.05) is 11.8 Å². The van der Waals surface area contributed by atoms with Gasteiger partial charge in [0.05, 0.1) is 23.6 Å². The maximum absolute atomic E-state index is 14.0. The summed E-state index contributed by atoms with van der Waals surface area (Å²) >= 11 is 0. The van der Waals surface area contributed by atoms with Crippen LogP contribution in [0.2, 0.25) is 0 Å². The van der Waals surface area contributed by atoms with E-state index in [-0.39, 0.29) is 24.4 Å². The fraction of sp³-hybridized carbons (Fsp3) is 0.179. The summed E-state index contributed by atoms with van der Waals surface area (Å²) in [6.45, 7) is 0.105. The minimum absolute atomic E-state index is 0.105. The Kier molecular flexibility index (Phi) is 4.18. The minimum atomic E-state index is -0.819. The van der Waals surface area contributed by atoms with Crippen molar-refractivity contribution in [2.45, 2.75) is 12.1 Å². The van der Waals surface area contributed by atoms with E-state index in [0.717, 1.165) is 11.1 Å². The molecule has 7 rings (SSSR count). The molecule has 172 valence electrons. The molecule has 2 fully saturated rings. The van der Waals surface area contributed by atoms with Crippen molar-refractivity contribution in [3.8, 4) is 11.5 Å². The van der Waals surface area contributed by atoms with Gasteiger partial charge in [0.25, 0.3) is 0 Å². The van der Waals surface area contributed by atoms with E-state index in [1.807, 2.05) is 47.5 Å². The molecule has 4 atom stereocenters. The first-order valence-corrected chi connectivity index (χ1v) is 11.5. The lowest BCUT2D eigenvalue weighted by atomic mass is 9.83. The smallest absolute Gasteiger partial charge is 0.240 e. The number of Topliss-reactive ketones (excluding diaryl/α,β-unsaturated/α-hetero) is 1. The molecule has 0 bridgehead atoms. The summed E-state index contributed by atoms with van der Waals surface area (Å²) < 4.78 is 10.9. The van der Waals surface area contributed by atoms with Crippen LogP contribution >= 0.6 is 0 Å². The zero-order valence-corrected chi connectivity index (χ0v) is 18.5. The number of amides is 2. The number of imide groups is 1. The van der Waals surface area contributed by atoms with Crippen molar-refractivity contribution in [3.05, 3.63) is 95.7 Å². The van der Waals surface area contributed by atoms with Crippen LogP contribution in [0.1, 0.15) is 27.5 Å². The van der Waals surface area contributed by atoms with Crippen molar-refractivity contribution < 1.29 is 23.9 Å². The lowest BCUT2D eigenvalue weighted by molar-refractivity contribution is -0.123. The van der Waals surface area contributed by atoms with Crippen LogP contribution in [0.5, 0.6) is 11.5 Å². The Morgan fingerprint density at radius 2 is 1.57 bits per heavy atom. The molecule has 4 aliphatic heterocycles. The molecule has 4 aliphatic rings. The van der Waals surface area contributed by atoms with Gasteiger partial charge in [-0.05, 0) is 47.5 Å². The van der Waals surface area contributed by atoms with Gasteiger partial charge < -0.3 is 14.4 Å². The number of fused-ring (bicyclic) bond motifs is 6. The van der Waals surface area contributed by atoms with E-state index in [2.05, 4.69) is 0 Å². The summed E-state index contributed by atoms with van der Waals surface area (Å²) in [4.78, 5) is 44.8. The molecule has 7 nitrogen and oxygen atoms in total. The molecule has 0 aromatic heterocycles. The molecule has 4 heterocycles. The van der Waals surface area contributed by atoms with Crippen LogP contribution in [0.25, 0.3) is 6.08 Å². The van der Waals surface area contributed by atoms with Crippen molar-refractivity contribution in [1.82, 2.24) is 4.90 Å². The summed E-state index contributed by atoms with van der Waals surface area (Å²) in [6.07, 6.45) is 3.80. The predicted octanol–water partition coefficient (Wildman–Crippen LogP) is 3.81. The highest BCUT2D eigenvalue weighted by Gasteiger charge is 2.64. The van der Waals surface area contributed by atoms with E-state index in [1.54, 1.807) is 42.5 Å². The van der Waals surface area contributed by atoms with E-state index < -0.39 is 23.9 Å². The van der Waals surface area contributed by atoms with Crippen LogP contribution in [0.3, 0.4) is 0 Å². The first kappa shape index (κ1) is 20.0. The molecule has 7 heteroatoms. The molecule has 3 aromatic rings. The number of rotatable bonds is 3. The topological polar surface area (TPSA) is 76.1 Å². The number of hydrogen-bond acceptors (Lipinski definition) is 6. The van der Waals surface area contributed by atoms with Crippen molar-refractivity contribution in [2.75, 3.05) is 11.7 Å². The van der Waals surface area contributed by atoms with E-state index in [0.29, 0.717) is 22.7 Å². The first-order valence-electron chi connectivity index (χ1n) is 11.5. The molecule has 0 radical (unpaired) electrons. The Hall–Kier alpha value is -4.39. The second kappa shape index (κ2) is 7.30. The van der Waals surface area contributed by atoms with E-state index in [4.69, 9.17) is 9.47 Å². The number of para-hydroxylation sites is 1. The van der Waals surface area contributed by atoms with Crippen LogP contribution in [0.4, 0.5) is 5.69 Å². The zero-order valence-electron chi connectivity index (χ0n) is 18.5. The largest absolute Gasteiger partial charge is 0.454 e. The maximum atomic E-state index is 14.0. The van der Waals surface area contributed by atoms with Crippen LogP contribution < -0.4 is 14.4 Å². The molecular formula is C28H20N2O5. The Morgan fingerprint density at radius 1 is 0.829 bits per heavy atom. The number of ketones is 1. The molecule has 0 unspecified atom stereocenters. The van der Waals surface area contributed by atoms with Gasteiger partial charge in [0.1, 0.15) is 6.04 Å².